The number of ketones is 1. The molecule has 0 aliphatic rings. The number of hydrogen-bond donors (Lipinski definition) is 0. The lowest BCUT2D eigenvalue weighted by atomic mass is 10.0. The number of unbranched alkanes of at least 4 members (excludes halogenated alkanes) is 6. The van der Waals surface area contributed by atoms with Crippen molar-refractivity contribution in [3.8, 4) is 0 Å². The molecule has 0 atom stereocenters. The van der Waals surface area contributed by atoms with Crippen LogP contribution >= 0.6 is 0 Å². The molecule has 0 amide bonds. The maximum atomic E-state index is 11.8. The molecule has 0 unspecified atom stereocenters. The summed E-state index contributed by atoms with van der Waals surface area (Å²) in [6, 6.07) is 10.2. The van der Waals surface area contributed by atoms with Crippen LogP contribution in [0.1, 0.15) is 68.6 Å². The monoisotopic (exact) mass is 231 g/mol. The van der Waals surface area contributed by atoms with Crippen molar-refractivity contribution in [2.45, 2.75) is 58.3 Å². The molecule has 0 fully saturated rings. The Morgan fingerprint density at radius 3 is 2.24 bits per heavy atom. The minimum atomic E-state index is 0.271. The highest BCUT2D eigenvalue weighted by atomic mass is 16.1. The lowest BCUT2D eigenvalue weighted by Gasteiger charge is -2.01. The van der Waals surface area contributed by atoms with Gasteiger partial charge in [0.2, 0.25) is 0 Å². The molecule has 1 nitrogen and oxygen atoms in total. The van der Waals surface area contributed by atoms with E-state index in [-0.39, 0.29) is 5.78 Å². The van der Waals surface area contributed by atoms with Gasteiger partial charge in [-0.2, -0.15) is 0 Å². The second-order valence-corrected chi connectivity index (χ2v) is 4.58. The Bertz CT molecular complexity index is 303. The highest BCUT2D eigenvalue weighted by molar-refractivity contribution is 5.95. The Kier molecular flexibility index (Phi) is 7.37. The Morgan fingerprint density at radius 1 is 1.00 bits per heavy atom. The number of benzene rings is 1. The molecule has 0 aliphatic heterocycles. The summed E-state index contributed by atoms with van der Waals surface area (Å²) in [7, 11) is 0. The van der Waals surface area contributed by atoms with Gasteiger partial charge in [-0.1, -0.05) is 69.7 Å². The highest BCUT2D eigenvalue weighted by Crippen LogP contribution is 2.11. The van der Waals surface area contributed by atoms with Crippen LogP contribution in [0.3, 0.4) is 0 Å². The normalized spacial score (nSPS) is 10.4. The van der Waals surface area contributed by atoms with Gasteiger partial charge in [-0.05, 0) is 12.5 Å². The molecular weight excluding hydrogens is 208 g/mol. The van der Waals surface area contributed by atoms with Crippen LogP contribution in [-0.2, 0) is 0 Å². The van der Waals surface area contributed by atoms with Crippen molar-refractivity contribution in [1.29, 1.82) is 0 Å². The Hall–Kier alpha value is -1.11. The standard InChI is InChI=1S/C16H23O/c1-2-3-4-5-6-7-11-14-16(17)15-12-9-8-10-13-15/h9-10,12-13H,2-7,11,14H2,1H3. The molecule has 1 rings (SSSR count). The van der Waals surface area contributed by atoms with Crippen LogP contribution in [0.4, 0.5) is 0 Å². The fraction of sp³-hybridized carbons (Fsp3) is 0.562. The maximum absolute atomic E-state index is 11.8. The first-order valence-corrected chi connectivity index (χ1v) is 6.84. The second-order valence-electron chi connectivity index (χ2n) is 4.58. The van der Waals surface area contributed by atoms with Gasteiger partial charge in [-0.25, -0.2) is 0 Å². The molecule has 1 radical (unpaired) electrons. The Morgan fingerprint density at radius 2 is 1.59 bits per heavy atom. The molecule has 0 N–H and O–H groups in total. The molecule has 0 aliphatic carbocycles. The van der Waals surface area contributed by atoms with Crippen molar-refractivity contribution >= 4 is 5.78 Å². The fourth-order valence-electron chi connectivity index (χ4n) is 1.96. The van der Waals surface area contributed by atoms with E-state index < -0.39 is 0 Å². The summed E-state index contributed by atoms with van der Waals surface area (Å²) >= 11 is 0. The molecule has 1 aromatic carbocycles. The van der Waals surface area contributed by atoms with Gasteiger partial charge >= 0.3 is 0 Å². The van der Waals surface area contributed by atoms with Crippen molar-refractivity contribution in [1.82, 2.24) is 0 Å². The van der Waals surface area contributed by atoms with Gasteiger partial charge in [0.05, 0.1) is 0 Å². The van der Waals surface area contributed by atoms with Gasteiger partial charge < -0.3 is 0 Å². The fourth-order valence-corrected chi connectivity index (χ4v) is 1.96. The minimum Gasteiger partial charge on any atom is -0.294 e. The van der Waals surface area contributed by atoms with E-state index in [9.17, 15) is 4.79 Å². The first-order chi connectivity index (χ1) is 8.34. The summed E-state index contributed by atoms with van der Waals surface area (Å²) in [4.78, 5) is 11.8. The molecule has 0 heterocycles. The Balaban J connectivity index is 2.05. The van der Waals surface area contributed by atoms with E-state index in [0.29, 0.717) is 6.42 Å². The van der Waals surface area contributed by atoms with Crippen molar-refractivity contribution in [3.05, 3.63) is 35.9 Å². The van der Waals surface area contributed by atoms with Crippen LogP contribution in [0.15, 0.2) is 24.3 Å². The zero-order chi connectivity index (χ0) is 12.3. The summed E-state index contributed by atoms with van der Waals surface area (Å²) in [5.41, 5.74) is 0.828. The van der Waals surface area contributed by atoms with E-state index in [2.05, 4.69) is 13.0 Å². The third kappa shape index (κ3) is 6.25. The van der Waals surface area contributed by atoms with Crippen LogP contribution in [0.5, 0.6) is 0 Å². The number of carbonyl (C=O) groups is 1. The molecule has 0 saturated carbocycles. The van der Waals surface area contributed by atoms with Gasteiger partial charge in [-0.3, -0.25) is 4.79 Å². The topological polar surface area (TPSA) is 17.1 Å². The maximum Gasteiger partial charge on any atom is 0.162 e. The van der Waals surface area contributed by atoms with Crippen LogP contribution in [-0.4, -0.2) is 5.78 Å². The summed E-state index contributed by atoms with van der Waals surface area (Å²) in [6.45, 7) is 2.23. The van der Waals surface area contributed by atoms with Gasteiger partial charge in [0.25, 0.3) is 0 Å². The van der Waals surface area contributed by atoms with E-state index in [0.717, 1.165) is 12.0 Å². The van der Waals surface area contributed by atoms with Crippen molar-refractivity contribution in [2.75, 3.05) is 0 Å². The largest absolute Gasteiger partial charge is 0.294 e. The lowest BCUT2D eigenvalue weighted by Crippen LogP contribution is -1.98. The minimum absolute atomic E-state index is 0.271. The van der Waals surface area contributed by atoms with Crippen LogP contribution in [0, 0.1) is 6.07 Å². The Labute approximate surface area is 105 Å². The number of carbonyl (C=O) groups excluding carboxylic acids is 1. The molecule has 0 saturated heterocycles. The van der Waals surface area contributed by atoms with Gasteiger partial charge in [-0.15, -0.1) is 0 Å². The number of Topliss-reactive ketones (excluding diaryl/α,β-unsaturated/α-hetero) is 1. The molecule has 17 heavy (non-hydrogen) atoms. The van der Waals surface area contributed by atoms with E-state index >= 15 is 0 Å². The van der Waals surface area contributed by atoms with Gasteiger partial charge in [0.15, 0.2) is 5.78 Å². The van der Waals surface area contributed by atoms with E-state index in [1.165, 1.54) is 38.5 Å². The van der Waals surface area contributed by atoms with E-state index in [1.54, 1.807) is 12.1 Å². The predicted octanol–water partition coefficient (Wildman–Crippen LogP) is 4.81. The summed E-state index contributed by atoms with van der Waals surface area (Å²) in [5, 5.41) is 0. The molecule has 1 heteroatoms. The summed E-state index contributed by atoms with van der Waals surface area (Å²) < 4.78 is 0. The van der Waals surface area contributed by atoms with Crippen molar-refractivity contribution in [2.24, 2.45) is 0 Å². The van der Waals surface area contributed by atoms with Gasteiger partial charge in [0.1, 0.15) is 0 Å². The average Bonchev–Trinajstić information content (AvgIpc) is 2.38. The highest BCUT2D eigenvalue weighted by Gasteiger charge is 2.03. The molecule has 0 spiro atoms. The van der Waals surface area contributed by atoms with Crippen molar-refractivity contribution in [3.63, 3.8) is 0 Å². The van der Waals surface area contributed by atoms with E-state index in [4.69, 9.17) is 0 Å². The van der Waals surface area contributed by atoms with Crippen LogP contribution in [0.25, 0.3) is 0 Å². The van der Waals surface area contributed by atoms with E-state index in [1.807, 2.05) is 12.1 Å². The molecular formula is C16H23O. The van der Waals surface area contributed by atoms with Gasteiger partial charge in [0, 0.05) is 12.0 Å². The smallest absolute Gasteiger partial charge is 0.162 e. The first kappa shape index (κ1) is 14.0. The third-order valence-electron chi connectivity index (χ3n) is 3.05. The predicted molar refractivity (Wildman–Crippen MR) is 72.2 cm³/mol. The quantitative estimate of drug-likeness (QED) is 0.440. The molecule has 1 aromatic rings. The third-order valence-corrected chi connectivity index (χ3v) is 3.05. The zero-order valence-electron chi connectivity index (χ0n) is 10.9. The molecule has 93 valence electrons. The number of hydrogen-bond acceptors (Lipinski definition) is 1. The summed E-state index contributed by atoms with van der Waals surface area (Å²) in [6.07, 6.45) is 9.50. The first-order valence-electron chi connectivity index (χ1n) is 6.84. The molecule has 0 bridgehead atoms. The summed E-state index contributed by atoms with van der Waals surface area (Å²) in [5.74, 6) is 0.271. The molecule has 0 aromatic heterocycles. The van der Waals surface area contributed by atoms with Crippen LogP contribution < -0.4 is 0 Å². The van der Waals surface area contributed by atoms with Crippen LogP contribution in [0.2, 0.25) is 0 Å². The van der Waals surface area contributed by atoms with Crippen molar-refractivity contribution < 1.29 is 4.79 Å². The SMILES string of the molecule is CCCCCCCCCC(=O)c1cc[c]cc1. The zero-order valence-corrected chi connectivity index (χ0v) is 10.9. The number of rotatable bonds is 9. The average molecular weight is 231 g/mol. The second kappa shape index (κ2) is 8.98. The lowest BCUT2D eigenvalue weighted by molar-refractivity contribution is 0.0979.